The van der Waals surface area contributed by atoms with Crippen molar-refractivity contribution in [2.75, 3.05) is 0 Å². The molecule has 0 amide bonds. The summed E-state index contributed by atoms with van der Waals surface area (Å²) in [5.74, 6) is -0.345. The van der Waals surface area contributed by atoms with Gasteiger partial charge in [0, 0.05) is 10.0 Å². The molecule has 0 aliphatic carbocycles. The lowest BCUT2D eigenvalue weighted by Gasteiger charge is -2.21. The van der Waals surface area contributed by atoms with Crippen molar-refractivity contribution >= 4 is 15.9 Å². The van der Waals surface area contributed by atoms with E-state index in [-0.39, 0.29) is 5.82 Å². The molecular formula is C10H12BrFO. The van der Waals surface area contributed by atoms with E-state index in [0.717, 1.165) is 0 Å². The van der Waals surface area contributed by atoms with Crippen LogP contribution in [0.15, 0.2) is 16.6 Å². The molecule has 13 heavy (non-hydrogen) atoms. The Labute approximate surface area is 85.7 Å². The van der Waals surface area contributed by atoms with Crippen molar-refractivity contribution in [1.82, 2.24) is 0 Å². The third kappa shape index (κ3) is 2.09. The summed E-state index contributed by atoms with van der Waals surface area (Å²) < 4.78 is 14.2. The van der Waals surface area contributed by atoms with Crippen LogP contribution in [0.4, 0.5) is 4.39 Å². The van der Waals surface area contributed by atoms with Crippen LogP contribution in [0.3, 0.4) is 0 Å². The molecule has 0 saturated carbocycles. The van der Waals surface area contributed by atoms with E-state index in [1.807, 2.05) is 0 Å². The van der Waals surface area contributed by atoms with Crippen LogP contribution in [0.25, 0.3) is 0 Å². The lowest BCUT2D eigenvalue weighted by atomic mass is 9.96. The standard InChI is InChI=1S/C10H12BrFO/c1-6-4-5-7(11)8(9(6)12)10(2,3)13/h4-5,13H,1-3H3. The van der Waals surface area contributed by atoms with Gasteiger partial charge in [0.15, 0.2) is 0 Å². The van der Waals surface area contributed by atoms with E-state index in [1.54, 1.807) is 32.9 Å². The first kappa shape index (κ1) is 10.7. The number of rotatable bonds is 1. The molecule has 0 saturated heterocycles. The predicted molar refractivity (Wildman–Crippen MR) is 54.1 cm³/mol. The SMILES string of the molecule is Cc1ccc(Br)c(C(C)(C)O)c1F. The minimum Gasteiger partial charge on any atom is -0.386 e. The second-order valence-electron chi connectivity index (χ2n) is 3.61. The van der Waals surface area contributed by atoms with Gasteiger partial charge >= 0.3 is 0 Å². The number of aryl methyl sites for hydroxylation is 1. The number of hydrogen-bond donors (Lipinski definition) is 1. The van der Waals surface area contributed by atoms with Gasteiger partial charge in [-0.2, -0.15) is 0 Å². The summed E-state index contributed by atoms with van der Waals surface area (Å²) in [6.07, 6.45) is 0. The first-order valence-corrected chi connectivity index (χ1v) is 4.81. The maximum Gasteiger partial charge on any atom is 0.133 e. The van der Waals surface area contributed by atoms with E-state index in [9.17, 15) is 9.50 Å². The lowest BCUT2D eigenvalue weighted by molar-refractivity contribution is 0.0736. The number of aliphatic hydroxyl groups is 1. The second-order valence-corrected chi connectivity index (χ2v) is 4.47. The van der Waals surface area contributed by atoms with Crippen LogP contribution in [0, 0.1) is 12.7 Å². The lowest BCUT2D eigenvalue weighted by Crippen LogP contribution is -2.19. The topological polar surface area (TPSA) is 20.2 Å². The van der Waals surface area contributed by atoms with Crippen LogP contribution < -0.4 is 0 Å². The highest BCUT2D eigenvalue weighted by Gasteiger charge is 2.24. The van der Waals surface area contributed by atoms with Crippen LogP contribution in [-0.4, -0.2) is 5.11 Å². The molecule has 1 aromatic rings. The molecule has 0 atom stereocenters. The van der Waals surface area contributed by atoms with Gasteiger partial charge in [-0.15, -0.1) is 0 Å². The minimum atomic E-state index is -1.16. The highest BCUT2D eigenvalue weighted by Crippen LogP contribution is 2.31. The molecule has 0 bridgehead atoms. The number of benzene rings is 1. The Hall–Kier alpha value is -0.410. The molecule has 1 nitrogen and oxygen atoms in total. The van der Waals surface area contributed by atoms with Gasteiger partial charge in [0.2, 0.25) is 0 Å². The van der Waals surface area contributed by atoms with Crippen LogP contribution in [0.1, 0.15) is 25.0 Å². The van der Waals surface area contributed by atoms with E-state index >= 15 is 0 Å². The molecule has 0 spiro atoms. The Morgan fingerprint density at radius 1 is 1.38 bits per heavy atom. The quantitative estimate of drug-likeness (QED) is 0.808. The Kier molecular flexibility index (Phi) is 2.78. The molecule has 0 radical (unpaired) electrons. The normalized spacial score (nSPS) is 11.8. The van der Waals surface area contributed by atoms with Crippen LogP contribution >= 0.6 is 15.9 Å². The van der Waals surface area contributed by atoms with E-state index in [2.05, 4.69) is 15.9 Å². The Bertz CT molecular complexity index is 328. The molecular weight excluding hydrogens is 235 g/mol. The Morgan fingerprint density at radius 2 is 1.92 bits per heavy atom. The summed E-state index contributed by atoms with van der Waals surface area (Å²) in [6.45, 7) is 4.81. The van der Waals surface area contributed by atoms with E-state index in [4.69, 9.17) is 0 Å². The smallest absolute Gasteiger partial charge is 0.133 e. The van der Waals surface area contributed by atoms with Gasteiger partial charge < -0.3 is 5.11 Å². The average Bonchev–Trinajstić information content (AvgIpc) is 1.95. The van der Waals surface area contributed by atoms with Crippen molar-refractivity contribution in [3.63, 3.8) is 0 Å². The summed E-state index contributed by atoms with van der Waals surface area (Å²) in [6, 6.07) is 3.42. The number of hydrogen-bond acceptors (Lipinski definition) is 1. The Morgan fingerprint density at radius 3 is 2.31 bits per heavy atom. The zero-order chi connectivity index (χ0) is 10.2. The van der Waals surface area contributed by atoms with Crippen molar-refractivity contribution in [3.8, 4) is 0 Å². The molecule has 0 fully saturated rings. The van der Waals surface area contributed by atoms with E-state index in [1.165, 1.54) is 0 Å². The van der Waals surface area contributed by atoms with Gasteiger partial charge in [0.05, 0.1) is 5.60 Å². The van der Waals surface area contributed by atoms with Crippen LogP contribution in [-0.2, 0) is 5.60 Å². The predicted octanol–water partition coefficient (Wildman–Crippen LogP) is 3.12. The van der Waals surface area contributed by atoms with Crippen LogP contribution in [0.5, 0.6) is 0 Å². The summed E-state index contributed by atoms with van der Waals surface area (Å²) in [4.78, 5) is 0. The fourth-order valence-electron chi connectivity index (χ4n) is 1.22. The van der Waals surface area contributed by atoms with Gasteiger partial charge in [-0.3, -0.25) is 0 Å². The molecule has 0 aromatic heterocycles. The average molecular weight is 247 g/mol. The summed E-state index contributed by atoms with van der Waals surface area (Å²) >= 11 is 3.22. The van der Waals surface area contributed by atoms with Gasteiger partial charge in [-0.05, 0) is 32.4 Å². The number of halogens is 2. The third-order valence-electron chi connectivity index (χ3n) is 1.90. The van der Waals surface area contributed by atoms with E-state index in [0.29, 0.717) is 15.6 Å². The molecule has 0 unspecified atom stereocenters. The van der Waals surface area contributed by atoms with Crippen molar-refractivity contribution in [1.29, 1.82) is 0 Å². The van der Waals surface area contributed by atoms with Gasteiger partial charge in [-0.1, -0.05) is 22.0 Å². The molecule has 3 heteroatoms. The monoisotopic (exact) mass is 246 g/mol. The van der Waals surface area contributed by atoms with Gasteiger partial charge in [-0.25, -0.2) is 4.39 Å². The van der Waals surface area contributed by atoms with Crippen molar-refractivity contribution < 1.29 is 9.50 Å². The fraction of sp³-hybridized carbons (Fsp3) is 0.400. The Balaban J connectivity index is 3.43. The van der Waals surface area contributed by atoms with Gasteiger partial charge in [0.1, 0.15) is 5.82 Å². The molecule has 0 aliphatic rings. The summed E-state index contributed by atoms with van der Waals surface area (Å²) in [7, 11) is 0. The zero-order valence-corrected chi connectivity index (χ0v) is 9.44. The second kappa shape index (κ2) is 3.39. The molecule has 0 aliphatic heterocycles. The first-order valence-electron chi connectivity index (χ1n) is 4.01. The molecule has 1 rings (SSSR count). The van der Waals surface area contributed by atoms with Crippen molar-refractivity contribution in [2.24, 2.45) is 0 Å². The fourth-order valence-corrected chi connectivity index (χ4v) is 2.01. The zero-order valence-electron chi connectivity index (χ0n) is 7.86. The maximum atomic E-state index is 13.6. The molecule has 72 valence electrons. The molecule has 0 heterocycles. The largest absolute Gasteiger partial charge is 0.386 e. The third-order valence-corrected chi connectivity index (χ3v) is 2.56. The molecule has 1 aromatic carbocycles. The van der Waals surface area contributed by atoms with Crippen molar-refractivity contribution in [2.45, 2.75) is 26.4 Å². The first-order chi connectivity index (χ1) is 5.84. The highest BCUT2D eigenvalue weighted by atomic mass is 79.9. The maximum absolute atomic E-state index is 13.6. The van der Waals surface area contributed by atoms with Gasteiger partial charge in [0.25, 0.3) is 0 Å². The summed E-state index contributed by atoms with van der Waals surface area (Å²) in [5, 5.41) is 9.71. The van der Waals surface area contributed by atoms with E-state index < -0.39 is 5.60 Å². The van der Waals surface area contributed by atoms with Crippen LogP contribution in [0.2, 0.25) is 0 Å². The molecule has 1 N–H and O–H groups in total. The minimum absolute atomic E-state index is 0.313. The highest BCUT2D eigenvalue weighted by molar-refractivity contribution is 9.10. The van der Waals surface area contributed by atoms with Crippen molar-refractivity contribution in [3.05, 3.63) is 33.5 Å². The summed E-state index contributed by atoms with van der Waals surface area (Å²) in [5.41, 5.74) is -0.303.